The van der Waals surface area contributed by atoms with E-state index >= 15 is 0 Å². The lowest BCUT2D eigenvalue weighted by molar-refractivity contribution is 0.0600. The summed E-state index contributed by atoms with van der Waals surface area (Å²) < 4.78 is 48.6. The normalized spacial score (nSPS) is 13.1. The molecule has 1 rings (SSSR count). The van der Waals surface area contributed by atoms with Crippen LogP contribution in [0.4, 0.5) is 0 Å². The molecule has 0 aliphatic rings. The molecule has 1 aromatic rings. The highest BCUT2D eigenvalue weighted by molar-refractivity contribution is 7.90. The highest BCUT2D eigenvalue weighted by atomic mass is 32.2. The second kappa shape index (κ2) is 4.94. The fraction of sp³-hybridized carbons (Fsp3) is 0.222. The number of hydrogen-bond acceptors (Lipinski definition) is 6. The van der Waals surface area contributed by atoms with Crippen molar-refractivity contribution in [1.29, 1.82) is 0 Å². The van der Waals surface area contributed by atoms with Crippen molar-refractivity contribution in [2.24, 2.45) is 0 Å². The molecule has 0 saturated carbocycles. The third-order valence-electron chi connectivity index (χ3n) is 1.92. The maximum atomic E-state index is 11.3. The first-order valence-electron chi connectivity index (χ1n) is 4.28. The van der Waals surface area contributed by atoms with Crippen molar-refractivity contribution < 1.29 is 26.7 Å². The second-order valence-electron chi connectivity index (χ2n) is 3.19. The predicted octanol–water partition coefficient (Wildman–Crippen LogP) is 0.115. The quantitative estimate of drug-likeness (QED) is 0.574. The smallest absolute Gasteiger partial charge is 0.337 e. The van der Waals surface area contributed by atoms with Crippen LogP contribution in [0.2, 0.25) is 0 Å². The molecule has 1 unspecified atom stereocenters. The molecule has 0 N–H and O–H groups in total. The van der Waals surface area contributed by atoms with Gasteiger partial charge in [0.25, 0.3) is 0 Å². The van der Waals surface area contributed by atoms with Crippen molar-refractivity contribution >= 4 is 26.9 Å². The number of sulfone groups is 1. The fourth-order valence-corrected chi connectivity index (χ4v) is 2.32. The molecule has 94 valence electrons. The molecule has 0 saturated heterocycles. The topological polar surface area (TPSA) is 101 Å². The highest BCUT2D eigenvalue weighted by Gasteiger charge is 2.14. The average molecular weight is 277 g/mol. The number of rotatable bonds is 3. The molecule has 0 aliphatic carbocycles. The van der Waals surface area contributed by atoms with Gasteiger partial charge in [0.1, 0.15) is 0 Å². The van der Waals surface area contributed by atoms with E-state index in [1.807, 2.05) is 0 Å². The number of esters is 1. The van der Waals surface area contributed by atoms with E-state index in [2.05, 4.69) is 4.74 Å². The SMILES string of the molecule is COC(=O)c1cc(S(=O)[O-])cc(S(C)(=O)=O)c1. The molecule has 0 aromatic heterocycles. The van der Waals surface area contributed by atoms with E-state index < -0.39 is 26.9 Å². The molecule has 1 aromatic carbocycles. The van der Waals surface area contributed by atoms with Gasteiger partial charge in [-0.2, -0.15) is 0 Å². The molecule has 1 atom stereocenters. The van der Waals surface area contributed by atoms with Crippen LogP contribution < -0.4 is 0 Å². The minimum absolute atomic E-state index is 0.130. The molecule has 0 amide bonds. The van der Waals surface area contributed by atoms with E-state index in [1.165, 1.54) is 0 Å². The zero-order valence-corrected chi connectivity index (χ0v) is 10.6. The summed E-state index contributed by atoms with van der Waals surface area (Å²) in [6.45, 7) is 0. The molecule has 0 aliphatic heterocycles. The maximum Gasteiger partial charge on any atom is 0.337 e. The van der Waals surface area contributed by atoms with Gasteiger partial charge in [-0.15, -0.1) is 0 Å². The lowest BCUT2D eigenvalue weighted by Crippen LogP contribution is -2.06. The van der Waals surface area contributed by atoms with Crippen molar-refractivity contribution in [2.75, 3.05) is 13.4 Å². The third kappa shape index (κ3) is 3.35. The Morgan fingerprint density at radius 2 is 1.94 bits per heavy atom. The number of carbonyl (C=O) groups is 1. The Bertz CT molecular complexity index is 575. The van der Waals surface area contributed by atoms with Crippen molar-refractivity contribution in [3.8, 4) is 0 Å². The van der Waals surface area contributed by atoms with Gasteiger partial charge in [-0.25, -0.2) is 13.2 Å². The molecular weight excluding hydrogens is 268 g/mol. The average Bonchev–Trinajstić information content (AvgIpc) is 2.26. The largest absolute Gasteiger partial charge is 0.768 e. The predicted molar refractivity (Wildman–Crippen MR) is 58.1 cm³/mol. The maximum absolute atomic E-state index is 11.3. The molecule has 0 radical (unpaired) electrons. The third-order valence-corrected chi connectivity index (χ3v) is 3.63. The molecular formula is C9H9O6S2-. The van der Waals surface area contributed by atoms with Gasteiger partial charge >= 0.3 is 5.97 Å². The monoisotopic (exact) mass is 277 g/mol. The van der Waals surface area contributed by atoms with E-state index in [-0.39, 0.29) is 15.4 Å². The number of benzene rings is 1. The highest BCUT2D eigenvalue weighted by Crippen LogP contribution is 2.18. The van der Waals surface area contributed by atoms with Crippen LogP contribution >= 0.6 is 0 Å². The first kappa shape index (κ1) is 13.8. The molecule has 0 spiro atoms. The van der Waals surface area contributed by atoms with Gasteiger partial charge < -0.3 is 9.29 Å². The zero-order valence-electron chi connectivity index (χ0n) is 9.00. The Labute approximate surface area is 101 Å². The van der Waals surface area contributed by atoms with Gasteiger partial charge in [0.2, 0.25) is 0 Å². The lowest BCUT2D eigenvalue weighted by Gasteiger charge is -2.09. The Morgan fingerprint density at radius 3 is 2.35 bits per heavy atom. The van der Waals surface area contributed by atoms with Crippen molar-refractivity contribution in [3.63, 3.8) is 0 Å². The summed E-state index contributed by atoms with van der Waals surface area (Å²) in [5.41, 5.74) is -0.130. The van der Waals surface area contributed by atoms with Gasteiger partial charge in [-0.1, -0.05) is 0 Å². The summed E-state index contributed by atoms with van der Waals surface area (Å²) in [4.78, 5) is 10.7. The van der Waals surface area contributed by atoms with Gasteiger partial charge in [-0.05, 0) is 29.3 Å². The zero-order chi connectivity index (χ0) is 13.2. The van der Waals surface area contributed by atoms with Gasteiger partial charge in [0.15, 0.2) is 9.84 Å². The lowest BCUT2D eigenvalue weighted by atomic mass is 10.2. The summed E-state index contributed by atoms with van der Waals surface area (Å²) in [6, 6.07) is 3.09. The van der Waals surface area contributed by atoms with E-state index in [1.54, 1.807) is 0 Å². The van der Waals surface area contributed by atoms with Gasteiger partial charge in [-0.3, -0.25) is 4.21 Å². The van der Waals surface area contributed by atoms with E-state index in [4.69, 9.17) is 0 Å². The number of carbonyl (C=O) groups excluding carboxylic acids is 1. The van der Waals surface area contributed by atoms with Crippen LogP contribution in [-0.4, -0.2) is 36.5 Å². The summed E-state index contributed by atoms with van der Waals surface area (Å²) in [5.74, 6) is -0.804. The van der Waals surface area contributed by atoms with Crippen LogP contribution in [0.3, 0.4) is 0 Å². The van der Waals surface area contributed by atoms with Crippen LogP contribution in [0.5, 0.6) is 0 Å². The van der Waals surface area contributed by atoms with E-state index in [0.717, 1.165) is 31.6 Å². The molecule has 8 heteroatoms. The van der Waals surface area contributed by atoms with Crippen molar-refractivity contribution in [2.45, 2.75) is 9.79 Å². The molecule has 0 fully saturated rings. The van der Waals surface area contributed by atoms with Crippen molar-refractivity contribution in [1.82, 2.24) is 0 Å². The minimum atomic E-state index is -3.60. The first-order chi connectivity index (χ1) is 7.75. The molecule has 0 heterocycles. The summed E-state index contributed by atoms with van der Waals surface area (Å²) in [6.07, 6.45) is 0.918. The van der Waals surface area contributed by atoms with E-state index in [0.29, 0.717) is 0 Å². The Balaban J connectivity index is 3.50. The van der Waals surface area contributed by atoms with Crippen molar-refractivity contribution in [3.05, 3.63) is 23.8 Å². The van der Waals surface area contributed by atoms with Crippen LogP contribution in [0, 0.1) is 0 Å². The van der Waals surface area contributed by atoms with Crippen LogP contribution in [0.1, 0.15) is 10.4 Å². The number of hydrogen-bond donors (Lipinski definition) is 0. The molecule has 17 heavy (non-hydrogen) atoms. The molecule has 0 bridgehead atoms. The van der Waals surface area contributed by atoms with Gasteiger partial charge in [0.05, 0.1) is 17.6 Å². The van der Waals surface area contributed by atoms with Gasteiger partial charge in [0, 0.05) is 11.2 Å². The number of ether oxygens (including phenoxy) is 1. The first-order valence-corrected chi connectivity index (χ1v) is 7.25. The second-order valence-corrected chi connectivity index (χ2v) is 6.15. The summed E-state index contributed by atoms with van der Waals surface area (Å²) in [7, 11) is -2.49. The fourth-order valence-electron chi connectivity index (χ4n) is 1.12. The van der Waals surface area contributed by atoms with Crippen LogP contribution in [-0.2, 0) is 25.7 Å². The minimum Gasteiger partial charge on any atom is -0.768 e. The standard InChI is InChI=1S/C9H10O6S2/c1-15-9(10)6-3-7(16(11)12)5-8(4-6)17(2,13)14/h3-5H,1-2H3,(H,11,12)/p-1. The van der Waals surface area contributed by atoms with Crippen LogP contribution in [0.15, 0.2) is 28.0 Å². The number of methoxy groups -OCH3 is 1. The van der Waals surface area contributed by atoms with E-state index in [9.17, 15) is 22.0 Å². The Hall–Kier alpha value is -1.25. The Morgan fingerprint density at radius 1 is 1.35 bits per heavy atom. The Kier molecular flexibility index (Phi) is 4.02. The summed E-state index contributed by atoms with van der Waals surface area (Å²) >= 11 is -2.63. The molecule has 6 nitrogen and oxygen atoms in total. The van der Waals surface area contributed by atoms with Crippen LogP contribution in [0.25, 0.3) is 0 Å². The summed E-state index contributed by atoms with van der Waals surface area (Å²) in [5, 5.41) is 0.